The number of sulfonamides is 1. The molecule has 0 aliphatic heterocycles. The first-order chi connectivity index (χ1) is 9.51. The Morgan fingerprint density at radius 3 is 2.70 bits per heavy atom. The van der Waals surface area contributed by atoms with Crippen LogP contribution in [0.15, 0.2) is 29.2 Å². The zero-order chi connectivity index (χ0) is 14.6. The molecule has 2 rings (SSSR count). The van der Waals surface area contributed by atoms with Crippen LogP contribution in [0, 0.1) is 0 Å². The lowest BCUT2D eigenvalue weighted by molar-refractivity contribution is 0.579. The molecule has 112 valence electrons. The van der Waals surface area contributed by atoms with Crippen molar-refractivity contribution in [3.05, 3.63) is 29.8 Å². The molecule has 4 nitrogen and oxygen atoms in total. The van der Waals surface area contributed by atoms with Gasteiger partial charge in [0.05, 0.1) is 4.90 Å². The first kappa shape index (κ1) is 15.8. The van der Waals surface area contributed by atoms with Crippen LogP contribution in [0.4, 0.5) is 0 Å². The van der Waals surface area contributed by atoms with E-state index < -0.39 is 10.0 Å². The van der Waals surface area contributed by atoms with E-state index in [2.05, 4.69) is 10.0 Å². The van der Waals surface area contributed by atoms with Crippen molar-refractivity contribution in [2.45, 2.75) is 36.0 Å². The van der Waals surface area contributed by atoms with Crippen LogP contribution in [0.5, 0.6) is 0 Å². The van der Waals surface area contributed by atoms with Gasteiger partial charge in [-0.1, -0.05) is 19.1 Å². The van der Waals surface area contributed by atoms with Crippen LogP contribution in [0.2, 0.25) is 0 Å². The summed E-state index contributed by atoms with van der Waals surface area (Å²) in [6.45, 7) is 4.10. The molecule has 0 saturated heterocycles. The molecular formula is C14H22N2O2S2. The second kappa shape index (κ2) is 6.47. The van der Waals surface area contributed by atoms with Crippen molar-refractivity contribution in [2.75, 3.05) is 19.3 Å². The molecule has 20 heavy (non-hydrogen) atoms. The van der Waals surface area contributed by atoms with Crippen molar-refractivity contribution < 1.29 is 8.42 Å². The smallest absolute Gasteiger partial charge is 0.240 e. The van der Waals surface area contributed by atoms with Gasteiger partial charge in [-0.25, -0.2) is 13.1 Å². The van der Waals surface area contributed by atoms with Crippen molar-refractivity contribution in [1.29, 1.82) is 0 Å². The molecule has 0 heterocycles. The summed E-state index contributed by atoms with van der Waals surface area (Å²) in [4.78, 5) is 0.352. The van der Waals surface area contributed by atoms with Gasteiger partial charge in [0.15, 0.2) is 0 Å². The van der Waals surface area contributed by atoms with Crippen molar-refractivity contribution in [3.63, 3.8) is 0 Å². The zero-order valence-electron chi connectivity index (χ0n) is 12.0. The maximum Gasteiger partial charge on any atom is 0.240 e. The van der Waals surface area contributed by atoms with Gasteiger partial charge >= 0.3 is 0 Å². The minimum Gasteiger partial charge on any atom is -0.313 e. The number of hydrogen-bond donors (Lipinski definition) is 2. The van der Waals surface area contributed by atoms with Crippen molar-refractivity contribution in [2.24, 2.45) is 0 Å². The molecule has 0 aromatic heterocycles. The molecule has 0 unspecified atom stereocenters. The van der Waals surface area contributed by atoms with E-state index in [1.165, 1.54) is 0 Å². The zero-order valence-corrected chi connectivity index (χ0v) is 13.6. The van der Waals surface area contributed by atoms with Gasteiger partial charge in [-0.2, -0.15) is 11.8 Å². The Morgan fingerprint density at radius 1 is 1.35 bits per heavy atom. The molecule has 0 bridgehead atoms. The summed E-state index contributed by atoms with van der Waals surface area (Å²) in [5.41, 5.74) is 0.987. The summed E-state index contributed by atoms with van der Waals surface area (Å²) >= 11 is 1.75. The Kier molecular flexibility index (Phi) is 5.12. The number of rotatable bonds is 8. The topological polar surface area (TPSA) is 58.2 Å². The van der Waals surface area contributed by atoms with E-state index in [4.69, 9.17) is 0 Å². The fraction of sp³-hybridized carbons (Fsp3) is 0.571. The second-order valence-electron chi connectivity index (χ2n) is 5.14. The fourth-order valence-electron chi connectivity index (χ4n) is 1.99. The highest BCUT2D eigenvalue weighted by molar-refractivity contribution is 8.00. The highest BCUT2D eigenvalue weighted by atomic mass is 32.2. The van der Waals surface area contributed by atoms with Gasteiger partial charge < -0.3 is 5.32 Å². The van der Waals surface area contributed by atoms with Crippen LogP contribution in [0.25, 0.3) is 0 Å². The van der Waals surface area contributed by atoms with Gasteiger partial charge in [0.1, 0.15) is 0 Å². The molecule has 2 N–H and O–H groups in total. The van der Waals surface area contributed by atoms with Gasteiger partial charge in [0.2, 0.25) is 10.0 Å². The number of hydrogen-bond acceptors (Lipinski definition) is 4. The van der Waals surface area contributed by atoms with Gasteiger partial charge in [0.25, 0.3) is 0 Å². The van der Waals surface area contributed by atoms with Crippen LogP contribution < -0.4 is 10.0 Å². The maximum absolute atomic E-state index is 12.3. The van der Waals surface area contributed by atoms with Gasteiger partial charge in [-0.05, 0) is 43.3 Å². The third-order valence-corrected chi connectivity index (χ3v) is 6.43. The van der Waals surface area contributed by atoms with Gasteiger partial charge in [-0.15, -0.1) is 0 Å². The summed E-state index contributed by atoms with van der Waals surface area (Å²) in [5.74, 6) is 0. The summed E-state index contributed by atoms with van der Waals surface area (Å²) in [6, 6.07) is 7.12. The molecule has 1 aromatic carbocycles. The van der Waals surface area contributed by atoms with E-state index in [-0.39, 0.29) is 4.75 Å². The highest BCUT2D eigenvalue weighted by Gasteiger charge is 2.42. The Bertz CT molecular complexity index is 554. The molecule has 0 radical (unpaired) electrons. The predicted octanol–water partition coefficient (Wildman–Crippen LogP) is 1.97. The number of nitrogens with one attached hydrogen (secondary N) is 2. The van der Waals surface area contributed by atoms with E-state index in [0.29, 0.717) is 18.0 Å². The van der Waals surface area contributed by atoms with E-state index in [0.717, 1.165) is 24.9 Å². The minimum absolute atomic E-state index is 0.133. The highest BCUT2D eigenvalue weighted by Crippen LogP contribution is 2.46. The number of thioether (sulfide) groups is 1. The van der Waals surface area contributed by atoms with E-state index in [1.807, 2.05) is 19.2 Å². The molecule has 1 aliphatic carbocycles. The summed E-state index contributed by atoms with van der Waals surface area (Å²) in [7, 11) is -3.40. The summed E-state index contributed by atoms with van der Waals surface area (Å²) < 4.78 is 27.5. The van der Waals surface area contributed by atoms with E-state index in [9.17, 15) is 8.42 Å². The van der Waals surface area contributed by atoms with E-state index in [1.54, 1.807) is 30.0 Å². The first-order valence-electron chi connectivity index (χ1n) is 6.86. The molecule has 0 amide bonds. The lowest BCUT2D eigenvalue weighted by Gasteiger charge is -2.14. The third kappa shape index (κ3) is 3.97. The second-order valence-corrected chi connectivity index (χ2v) is 8.18. The lowest BCUT2D eigenvalue weighted by Crippen LogP contribution is -2.31. The fourth-order valence-corrected chi connectivity index (χ4v) is 4.01. The normalized spacial score (nSPS) is 17.1. The Balaban J connectivity index is 2.04. The Hall–Kier alpha value is -0.560. The maximum atomic E-state index is 12.3. The molecule has 1 fully saturated rings. The average Bonchev–Trinajstić information content (AvgIpc) is 3.24. The van der Waals surface area contributed by atoms with Crippen LogP contribution in [-0.4, -0.2) is 32.5 Å². The van der Waals surface area contributed by atoms with E-state index >= 15 is 0 Å². The molecule has 1 aromatic rings. The average molecular weight is 314 g/mol. The Morgan fingerprint density at radius 2 is 2.10 bits per heavy atom. The SMILES string of the molecule is CCNCc1cccc(S(=O)(=O)NCC2(SC)CC2)c1. The van der Waals surface area contributed by atoms with Gasteiger partial charge in [-0.3, -0.25) is 0 Å². The van der Waals surface area contributed by atoms with Crippen molar-refractivity contribution in [3.8, 4) is 0 Å². The van der Waals surface area contributed by atoms with Gasteiger partial charge in [0, 0.05) is 17.8 Å². The quantitative estimate of drug-likeness (QED) is 0.770. The molecule has 6 heteroatoms. The molecule has 1 aliphatic rings. The predicted molar refractivity (Wildman–Crippen MR) is 84.5 cm³/mol. The lowest BCUT2D eigenvalue weighted by atomic mass is 10.2. The first-order valence-corrected chi connectivity index (χ1v) is 9.57. The largest absolute Gasteiger partial charge is 0.313 e. The van der Waals surface area contributed by atoms with Crippen molar-refractivity contribution >= 4 is 21.8 Å². The molecular weight excluding hydrogens is 292 g/mol. The third-order valence-electron chi connectivity index (χ3n) is 3.61. The Labute approximate surface area is 125 Å². The van der Waals surface area contributed by atoms with Crippen LogP contribution in [0.1, 0.15) is 25.3 Å². The van der Waals surface area contributed by atoms with Crippen LogP contribution >= 0.6 is 11.8 Å². The number of benzene rings is 1. The molecule has 1 saturated carbocycles. The van der Waals surface area contributed by atoms with Crippen molar-refractivity contribution in [1.82, 2.24) is 10.0 Å². The van der Waals surface area contributed by atoms with Crippen LogP contribution in [-0.2, 0) is 16.6 Å². The minimum atomic E-state index is -3.40. The summed E-state index contributed by atoms with van der Waals surface area (Å²) in [6.07, 6.45) is 4.23. The molecule has 0 spiro atoms. The molecule has 0 atom stereocenters. The standard InChI is InChI=1S/C14H22N2O2S2/c1-3-15-10-12-5-4-6-13(9-12)20(17,18)16-11-14(19-2)7-8-14/h4-6,9,15-16H,3,7-8,10-11H2,1-2H3. The monoisotopic (exact) mass is 314 g/mol. The summed E-state index contributed by atoms with van der Waals surface area (Å²) in [5, 5.41) is 3.20. The van der Waals surface area contributed by atoms with Crippen LogP contribution in [0.3, 0.4) is 0 Å².